The second-order valence-electron chi connectivity index (χ2n) is 5.56. The molecule has 118 valence electrons. The highest BCUT2D eigenvalue weighted by molar-refractivity contribution is 7.98. The number of hydrogen-bond donors (Lipinski definition) is 2. The smallest absolute Gasteiger partial charge is 0.231 e. The zero-order chi connectivity index (χ0) is 15.3. The molecule has 6 nitrogen and oxygen atoms in total. The van der Waals surface area contributed by atoms with Crippen LogP contribution in [0.25, 0.3) is 0 Å². The van der Waals surface area contributed by atoms with Gasteiger partial charge in [0.2, 0.25) is 17.2 Å². The van der Waals surface area contributed by atoms with E-state index >= 15 is 0 Å². The van der Waals surface area contributed by atoms with Crippen LogP contribution in [-0.4, -0.2) is 57.3 Å². The zero-order valence-electron chi connectivity index (χ0n) is 12.5. The molecule has 1 aromatic heterocycles. The molecule has 0 amide bonds. The van der Waals surface area contributed by atoms with Crippen LogP contribution < -0.4 is 10.2 Å². The fraction of sp³-hybridized carbons (Fsp3) is 0.769. The summed E-state index contributed by atoms with van der Waals surface area (Å²) in [4.78, 5) is 14.8. The molecule has 0 radical (unpaired) electrons. The highest BCUT2D eigenvalue weighted by Gasteiger charge is 2.21. The molecule has 2 N–H and O–H groups in total. The predicted octanol–water partition coefficient (Wildman–Crippen LogP) is 2.04. The Labute approximate surface area is 134 Å². The molecule has 0 saturated carbocycles. The van der Waals surface area contributed by atoms with E-state index in [9.17, 15) is 5.11 Å². The van der Waals surface area contributed by atoms with Gasteiger partial charge in [-0.05, 0) is 44.0 Å². The highest BCUT2D eigenvalue weighted by atomic mass is 35.5. The number of thioether (sulfide) groups is 1. The Morgan fingerprint density at radius 1 is 1.29 bits per heavy atom. The van der Waals surface area contributed by atoms with E-state index in [4.69, 9.17) is 11.6 Å². The molecule has 1 aliphatic rings. The summed E-state index contributed by atoms with van der Waals surface area (Å²) < 4.78 is 0. The van der Waals surface area contributed by atoms with Gasteiger partial charge in [0, 0.05) is 25.4 Å². The first-order chi connectivity index (χ1) is 10.00. The van der Waals surface area contributed by atoms with Crippen molar-refractivity contribution in [1.29, 1.82) is 0 Å². The lowest BCUT2D eigenvalue weighted by molar-refractivity contribution is 0.0995. The molecular formula is C13H22ClN5OS. The largest absolute Gasteiger partial charge is 0.387 e. The zero-order valence-corrected chi connectivity index (χ0v) is 14.0. The summed E-state index contributed by atoms with van der Waals surface area (Å²) in [6, 6.07) is 0. The lowest BCUT2D eigenvalue weighted by atomic mass is 10.1. The number of nitrogens with one attached hydrogen (secondary N) is 1. The average molecular weight is 332 g/mol. The second kappa shape index (κ2) is 7.47. The van der Waals surface area contributed by atoms with Gasteiger partial charge in [-0.25, -0.2) is 0 Å². The number of anilines is 2. The molecule has 0 bridgehead atoms. The molecular weight excluding hydrogens is 310 g/mol. The van der Waals surface area contributed by atoms with Crippen molar-refractivity contribution in [3.05, 3.63) is 5.28 Å². The number of halogens is 1. The second-order valence-corrected chi connectivity index (χ2v) is 6.76. The standard InChI is InChI=1S/C13H22ClN5OS/c1-13(20,9-21-2)8-15-11-16-10(14)17-12(18-11)19-6-4-3-5-7-19/h20H,3-9H2,1-2H3,(H,15,16,17,18). The van der Waals surface area contributed by atoms with E-state index in [0.717, 1.165) is 25.9 Å². The van der Waals surface area contributed by atoms with Crippen LogP contribution in [0.1, 0.15) is 26.2 Å². The predicted molar refractivity (Wildman–Crippen MR) is 88.4 cm³/mol. The minimum atomic E-state index is -0.816. The van der Waals surface area contributed by atoms with Crippen LogP contribution in [0.4, 0.5) is 11.9 Å². The van der Waals surface area contributed by atoms with Crippen molar-refractivity contribution < 1.29 is 5.11 Å². The molecule has 1 unspecified atom stereocenters. The van der Waals surface area contributed by atoms with Crippen LogP contribution in [-0.2, 0) is 0 Å². The van der Waals surface area contributed by atoms with E-state index in [1.165, 1.54) is 6.42 Å². The molecule has 1 aromatic rings. The van der Waals surface area contributed by atoms with Gasteiger partial charge in [-0.3, -0.25) is 0 Å². The molecule has 0 spiro atoms. The van der Waals surface area contributed by atoms with Gasteiger partial charge in [0.1, 0.15) is 0 Å². The number of nitrogens with zero attached hydrogens (tertiary/aromatic N) is 4. The number of piperidine rings is 1. The molecule has 1 aliphatic heterocycles. The minimum Gasteiger partial charge on any atom is -0.387 e. The van der Waals surface area contributed by atoms with Crippen molar-refractivity contribution >= 4 is 35.3 Å². The molecule has 0 aliphatic carbocycles. The topological polar surface area (TPSA) is 74.2 Å². The molecule has 21 heavy (non-hydrogen) atoms. The molecule has 8 heteroatoms. The first kappa shape index (κ1) is 16.6. The quantitative estimate of drug-likeness (QED) is 0.826. The van der Waals surface area contributed by atoms with Gasteiger partial charge in [0.25, 0.3) is 0 Å². The van der Waals surface area contributed by atoms with Crippen LogP contribution >= 0.6 is 23.4 Å². The first-order valence-electron chi connectivity index (χ1n) is 7.12. The molecule has 2 heterocycles. The number of aliphatic hydroxyl groups is 1. The van der Waals surface area contributed by atoms with E-state index in [2.05, 4.69) is 25.2 Å². The van der Waals surface area contributed by atoms with Gasteiger partial charge in [-0.1, -0.05) is 0 Å². The van der Waals surface area contributed by atoms with Crippen molar-refractivity contribution in [3.63, 3.8) is 0 Å². The summed E-state index contributed by atoms with van der Waals surface area (Å²) in [6.45, 7) is 4.05. The van der Waals surface area contributed by atoms with E-state index < -0.39 is 5.60 Å². The average Bonchev–Trinajstić information content (AvgIpc) is 2.46. The third-order valence-corrected chi connectivity index (χ3v) is 4.40. The summed E-state index contributed by atoms with van der Waals surface area (Å²) in [6.07, 6.45) is 5.50. The SMILES string of the molecule is CSCC(C)(O)CNc1nc(Cl)nc(N2CCCCC2)n1. The van der Waals surface area contributed by atoms with Crippen LogP contribution in [0.3, 0.4) is 0 Å². The van der Waals surface area contributed by atoms with Crippen molar-refractivity contribution in [2.24, 2.45) is 0 Å². The normalized spacial score (nSPS) is 18.4. The lowest BCUT2D eigenvalue weighted by Gasteiger charge is -2.27. The Hall–Kier alpha value is -0.790. The van der Waals surface area contributed by atoms with Gasteiger partial charge in [-0.15, -0.1) is 0 Å². The monoisotopic (exact) mass is 331 g/mol. The van der Waals surface area contributed by atoms with Crippen molar-refractivity contribution in [2.75, 3.05) is 41.9 Å². The van der Waals surface area contributed by atoms with Crippen molar-refractivity contribution in [2.45, 2.75) is 31.8 Å². The highest BCUT2D eigenvalue weighted by Crippen LogP contribution is 2.19. The molecule has 2 rings (SSSR count). The van der Waals surface area contributed by atoms with Crippen molar-refractivity contribution in [1.82, 2.24) is 15.0 Å². The fourth-order valence-corrected chi connectivity index (χ4v) is 3.17. The van der Waals surface area contributed by atoms with Crippen LogP contribution in [0, 0.1) is 0 Å². The number of rotatable bonds is 6. The minimum absolute atomic E-state index is 0.178. The van der Waals surface area contributed by atoms with Gasteiger partial charge >= 0.3 is 0 Å². The molecule has 0 aromatic carbocycles. The van der Waals surface area contributed by atoms with E-state index in [1.807, 2.05) is 6.26 Å². The maximum Gasteiger partial charge on any atom is 0.231 e. The molecule has 1 fully saturated rings. The Balaban J connectivity index is 2.04. The summed E-state index contributed by atoms with van der Waals surface area (Å²) >= 11 is 7.58. The van der Waals surface area contributed by atoms with Gasteiger partial charge in [0.05, 0.1) is 5.60 Å². The Morgan fingerprint density at radius 3 is 2.67 bits per heavy atom. The van der Waals surface area contributed by atoms with Crippen molar-refractivity contribution in [3.8, 4) is 0 Å². The molecule has 1 saturated heterocycles. The van der Waals surface area contributed by atoms with E-state index in [0.29, 0.717) is 24.2 Å². The lowest BCUT2D eigenvalue weighted by Crippen LogP contribution is -2.36. The Morgan fingerprint density at radius 2 is 2.00 bits per heavy atom. The summed E-state index contributed by atoms with van der Waals surface area (Å²) in [5.74, 6) is 1.66. The van der Waals surface area contributed by atoms with Crippen LogP contribution in [0.5, 0.6) is 0 Å². The number of hydrogen-bond acceptors (Lipinski definition) is 7. The fourth-order valence-electron chi connectivity index (χ4n) is 2.29. The third-order valence-electron chi connectivity index (χ3n) is 3.32. The Kier molecular flexibility index (Phi) is 5.89. The van der Waals surface area contributed by atoms with Crippen LogP contribution in [0.2, 0.25) is 5.28 Å². The maximum atomic E-state index is 10.2. The first-order valence-corrected chi connectivity index (χ1v) is 8.89. The van der Waals surface area contributed by atoms with Gasteiger partial charge < -0.3 is 15.3 Å². The Bertz CT molecular complexity index is 468. The van der Waals surface area contributed by atoms with E-state index in [-0.39, 0.29) is 5.28 Å². The third kappa shape index (κ3) is 5.16. The van der Waals surface area contributed by atoms with Gasteiger partial charge in [0.15, 0.2) is 0 Å². The molecule has 1 atom stereocenters. The van der Waals surface area contributed by atoms with E-state index in [1.54, 1.807) is 18.7 Å². The summed E-state index contributed by atoms with van der Waals surface area (Å²) in [5, 5.41) is 13.4. The summed E-state index contributed by atoms with van der Waals surface area (Å²) in [7, 11) is 0. The summed E-state index contributed by atoms with van der Waals surface area (Å²) in [5.41, 5.74) is -0.816. The number of aromatic nitrogens is 3. The maximum absolute atomic E-state index is 10.2. The van der Waals surface area contributed by atoms with Gasteiger partial charge in [-0.2, -0.15) is 26.7 Å². The van der Waals surface area contributed by atoms with Crippen LogP contribution in [0.15, 0.2) is 0 Å².